The first-order valence-electron chi connectivity index (χ1n) is 8.69. The highest BCUT2D eigenvalue weighted by Gasteiger charge is 2.10. The van der Waals surface area contributed by atoms with E-state index >= 15 is 0 Å². The third-order valence-corrected chi connectivity index (χ3v) is 4.49. The number of nitrogens with zero attached hydrogens (tertiary/aromatic N) is 1. The topological polar surface area (TPSA) is 83.1 Å². The van der Waals surface area contributed by atoms with E-state index < -0.39 is 0 Å². The summed E-state index contributed by atoms with van der Waals surface area (Å²) in [4.78, 5) is 28.3. The fourth-order valence-electron chi connectivity index (χ4n) is 3.00. The standard InChI is InChI=1S/C21H22N4O2/c1-13-9-19(14(2)17-7-8-23-11-18(13)17)25-20(26)12-24-16-6-4-5-15(10-16)21(27)22-3/h4-11,24H,12H2,1-3H3,(H,22,27)(H,25,26). The molecule has 1 aromatic heterocycles. The van der Waals surface area contributed by atoms with Crippen LogP contribution in [0.1, 0.15) is 21.5 Å². The van der Waals surface area contributed by atoms with Crippen molar-refractivity contribution in [1.82, 2.24) is 10.3 Å². The van der Waals surface area contributed by atoms with E-state index in [1.807, 2.05) is 38.2 Å². The second-order valence-electron chi connectivity index (χ2n) is 6.35. The molecule has 0 aliphatic heterocycles. The average molecular weight is 362 g/mol. The third kappa shape index (κ3) is 4.06. The molecule has 0 spiro atoms. The van der Waals surface area contributed by atoms with Crippen LogP contribution in [0.3, 0.4) is 0 Å². The Morgan fingerprint density at radius 2 is 1.89 bits per heavy atom. The Kier molecular flexibility index (Phi) is 5.35. The zero-order valence-electron chi connectivity index (χ0n) is 15.6. The third-order valence-electron chi connectivity index (χ3n) is 4.49. The van der Waals surface area contributed by atoms with Gasteiger partial charge >= 0.3 is 0 Å². The molecule has 0 fully saturated rings. The summed E-state index contributed by atoms with van der Waals surface area (Å²) >= 11 is 0. The minimum absolute atomic E-state index is 0.101. The van der Waals surface area contributed by atoms with E-state index in [2.05, 4.69) is 20.9 Å². The Labute approximate surface area is 158 Å². The molecule has 138 valence electrons. The molecule has 6 heteroatoms. The highest BCUT2D eigenvalue weighted by Crippen LogP contribution is 2.28. The molecule has 0 atom stereocenters. The molecule has 0 bridgehead atoms. The van der Waals surface area contributed by atoms with Gasteiger partial charge in [0.25, 0.3) is 5.91 Å². The zero-order chi connectivity index (χ0) is 19.4. The molecule has 3 N–H and O–H groups in total. The first-order valence-corrected chi connectivity index (χ1v) is 8.69. The van der Waals surface area contributed by atoms with Crippen LogP contribution in [0.4, 0.5) is 11.4 Å². The van der Waals surface area contributed by atoms with Gasteiger partial charge in [-0.3, -0.25) is 14.6 Å². The summed E-state index contributed by atoms with van der Waals surface area (Å²) in [6, 6.07) is 10.9. The first-order chi connectivity index (χ1) is 13.0. The van der Waals surface area contributed by atoms with Gasteiger partial charge in [-0.1, -0.05) is 6.07 Å². The van der Waals surface area contributed by atoms with E-state index in [4.69, 9.17) is 0 Å². The molecular weight excluding hydrogens is 340 g/mol. The van der Waals surface area contributed by atoms with Crippen LogP contribution < -0.4 is 16.0 Å². The maximum Gasteiger partial charge on any atom is 0.251 e. The Bertz CT molecular complexity index is 1010. The van der Waals surface area contributed by atoms with E-state index in [0.717, 1.165) is 27.6 Å². The Hall–Kier alpha value is -3.41. The molecule has 6 nitrogen and oxygen atoms in total. The number of hydrogen-bond donors (Lipinski definition) is 3. The number of nitrogens with one attached hydrogen (secondary N) is 3. The van der Waals surface area contributed by atoms with Crippen molar-refractivity contribution < 1.29 is 9.59 Å². The Morgan fingerprint density at radius 1 is 1.07 bits per heavy atom. The van der Waals surface area contributed by atoms with Crippen LogP contribution in [-0.2, 0) is 4.79 Å². The smallest absolute Gasteiger partial charge is 0.251 e. The molecule has 0 saturated heterocycles. The average Bonchev–Trinajstić information content (AvgIpc) is 2.70. The van der Waals surface area contributed by atoms with Crippen LogP contribution in [0.2, 0.25) is 0 Å². The minimum Gasteiger partial charge on any atom is -0.376 e. The summed E-state index contributed by atoms with van der Waals surface area (Å²) in [6.07, 6.45) is 3.59. The van der Waals surface area contributed by atoms with Crippen LogP contribution in [0.25, 0.3) is 10.8 Å². The summed E-state index contributed by atoms with van der Waals surface area (Å²) in [7, 11) is 1.58. The fourth-order valence-corrected chi connectivity index (χ4v) is 3.00. The number of benzene rings is 2. The van der Waals surface area contributed by atoms with Crippen molar-refractivity contribution in [2.24, 2.45) is 0 Å². The highest BCUT2D eigenvalue weighted by molar-refractivity contribution is 6.00. The van der Waals surface area contributed by atoms with Crippen molar-refractivity contribution in [3.05, 3.63) is 65.5 Å². The lowest BCUT2D eigenvalue weighted by atomic mass is 10.0. The Balaban J connectivity index is 1.71. The Morgan fingerprint density at radius 3 is 2.67 bits per heavy atom. The molecule has 3 rings (SSSR count). The number of aryl methyl sites for hydroxylation is 2. The van der Waals surface area contributed by atoms with E-state index in [1.165, 1.54) is 0 Å². The second-order valence-corrected chi connectivity index (χ2v) is 6.35. The van der Waals surface area contributed by atoms with Crippen LogP contribution in [-0.4, -0.2) is 30.4 Å². The van der Waals surface area contributed by atoms with Crippen molar-refractivity contribution in [2.75, 3.05) is 24.2 Å². The largest absolute Gasteiger partial charge is 0.376 e. The summed E-state index contributed by atoms with van der Waals surface area (Å²) in [5.41, 5.74) is 4.11. The lowest BCUT2D eigenvalue weighted by Crippen LogP contribution is -2.23. The van der Waals surface area contributed by atoms with Crippen molar-refractivity contribution >= 4 is 34.0 Å². The molecule has 0 aliphatic rings. The van der Waals surface area contributed by atoms with Gasteiger partial charge in [0.1, 0.15) is 0 Å². The molecule has 27 heavy (non-hydrogen) atoms. The fraction of sp³-hybridized carbons (Fsp3) is 0.190. The highest BCUT2D eigenvalue weighted by atomic mass is 16.2. The molecule has 3 aromatic rings. The van der Waals surface area contributed by atoms with Crippen molar-refractivity contribution in [1.29, 1.82) is 0 Å². The molecule has 1 heterocycles. The predicted molar refractivity (Wildman–Crippen MR) is 108 cm³/mol. The summed E-state index contributed by atoms with van der Waals surface area (Å²) in [5, 5.41) is 10.8. The van der Waals surface area contributed by atoms with Gasteiger partial charge < -0.3 is 16.0 Å². The van der Waals surface area contributed by atoms with Crippen LogP contribution in [0.5, 0.6) is 0 Å². The quantitative estimate of drug-likeness (QED) is 0.650. The number of pyridine rings is 1. The van der Waals surface area contributed by atoms with Gasteiger partial charge in [0.05, 0.1) is 6.54 Å². The monoisotopic (exact) mass is 362 g/mol. The number of aromatic nitrogens is 1. The van der Waals surface area contributed by atoms with Gasteiger partial charge in [-0.05, 0) is 60.7 Å². The lowest BCUT2D eigenvalue weighted by molar-refractivity contribution is -0.114. The first kappa shape index (κ1) is 18.4. The van der Waals surface area contributed by atoms with Crippen molar-refractivity contribution in [2.45, 2.75) is 13.8 Å². The van der Waals surface area contributed by atoms with Gasteiger partial charge in [-0.15, -0.1) is 0 Å². The summed E-state index contributed by atoms with van der Waals surface area (Å²) in [6.45, 7) is 4.09. The molecule has 0 radical (unpaired) electrons. The predicted octanol–water partition coefficient (Wildman–Crippen LogP) is 3.26. The van der Waals surface area contributed by atoms with Gasteiger partial charge in [-0.2, -0.15) is 0 Å². The maximum atomic E-state index is 12.4. The summed E-state index contributed by atoms with van der Waals surface area (Å²) in [5.74, 6) is -0.323. The number of fused-ring (bicyclic) bond motifs is 1. The molecule has 0 saturated carbocycles. The lowest BCUT2D eigenvalue weighted by Gasteiger charge is -2.14. The SMILES string of the molecule is CNC(=O)c1cccc(NCC(=O)Nc2cc(C)c3cnccc3c2C)c1. The number of amides is 2. The van der Waals surface area contributed by atoms with Gasteiger partial charge in [0.2, 0.25) is 5.91 Å². The van der Waals surface area contributed by atoms with Crippen molar-refractivity contribution in [3.8, 4) is 0 Å². The maximum absolute atomic E-state index is 12.4. The number of rotatable bonds is 5. The molecule has 2 amide bonds. The second kappa shape index (κ2) is 7.86. The molecule has 2 aromatic carbocycles. The normalized spacial score (nSPS) is 10.5. The molecular formula is C21H22N4O2. The van der Waals surface area contributed by atoms with E-state index in [9.17, 15) is 9.59 Å². The zero-order valence-corrected chi connectivity index (χ0v) is 15.6. The molecule has 0 aliphatic carbocycles. The minimum atomic E-state index is -0.167. The van der Waals surface area contributed by atoms with E-state index in [-0.39, 0.29) is 18.4 Å². The van der Waals surface area contributed by atoms with Crippen LogP contribution in [0, 0.1) is 13.8 Å². The molecule has 0 unspecified atom stereocenters. The van der Waals surface area contributed by atoms with Gasteiger partial charge in [0.15, 0.2) is 0 Å². The van der Waals surface area contributed by atoms with Gasteiger partial charge in [0, 0.05) is 41.8 Å². The van der Waals surface area contributed by atoms with Crippen LogP contribution in [0.15, 0.2) is 48.8 Å². The number of anilines is 2. The number of carbonyl (C=O) groups excluding carboxylic acids is 2. The van der Waals surface area contributed by atoms with E-state index in [1.54, 1.807) is 31.4 Å². The van der Waals surface area contributed by atoms with Crippen molar-refractivity contribution in [3.63, 3.8) is 0 Å². The van der Waals surface area contributed by atoms with Crippen LogP contribution >= 0.6 is 0 Å². The number of carbonyl (C=O) groups is 2. The summed E-state index contributed by atoms with van der Waals surface area (Å²) < 4.78 is 0. The number of hydrogen-bond acceptors (Lipinski definition) is 4. The van der Waals surface area contributed by atoms with E-state index in [0.29, 0.717) is 11.3 Å². The van der Waals surface area contributed by atoms with Gasteiger partial charge in [-0.25, -0.2) is 0 Å².